The van der Waals surface area contributed by atoms with Crippen LogP contribution in [0.1, 0.15) is 5.69 Å². The zero-order valence-electron chi connectivity index (χ0n) is 8.38. The van der Waals surface area contributed by atoms with E-state index in [0.29, 0.717) is 5.82 Å². The van der Waals surface area contributed by atoms with Gasteiger partial charge in [0.15, 0.2) is 5.82 Å². The Bertz CT molecular complexity index is 658. The van der Waals surface area contributed by atoms with E-state index in [1.54, 1.807) is 28.3 Å². The maximum absolute atomic E-state index is 5.77. The highest BCUT2D eigenvalue weighted by Gasteiger charge is 2.10. The molecular formula is C10H7ClN4S. The van der Waals surface area contributed by atoms with E-state index < -0.39 is 0 Å². The summed E-state index contributed by atoms with van der Waals surface area (Å²) in [7, 11) is 0. The van der Waals surface area contributed by atoms with Gasteiger partial charge >= 0.3 is 0 Å². The molecule has 0 radical (unpaired) electrons. The van der Waals surface area contributed by atoms with Gasteiger partial charge in [-0.3, -0.25) is 0 Å². The molecule has 0 atom stereocenters. The predicted molar refractivity (Wildman–Crippen MR) is 64.3 cm³/mol. The lowest BCUT2D eigenvalue weighted by Gasteiger charge is -2.00. The van der Waals surface area contributed by atoms with Gasteiger partial charge in [-0.25, -0.2) is 9.67 Å². The quantitative estimate of drug-likeness (QED) is 0.624. The van der Waals surface area contributed by atoms with Crippen LogP contribution in [0, 0.1) is 6.92 Å². The zero-order valence-corrected chi connectivity index (χ0v) is 9.96. The molecule has 4 nitrogen and oxygen atoms in total. The van der Waals surface area contributed by atoms with Crippen LogP contribution >= 0.6 is 22.9 Å². The number of aromatic nitrogens is 4. The molecule has 0 N–H and O–H groups in total. The monoisotopic (exact) mass is 250 g/mol. The number of fused-ring (bicyclic) bond motifs is 1. The number of rotatable bonds is 1. The Hall–Kier alpha value is -1.46. The molecule has 0 bridgehead atoms. The summed E-state index contributed by atoms with van der Waals surface area (Å²) < 4.78 is 2.96. The van der Waals surface area contributed by atoms with Gasteiger partial charge < -0.3 is 0 Å². The summed E-state index contributed by atoms with van der Waals surface area (Å²) in [5, 5.41) is 6.71. The first-order valence-corrected chi connectivity index (χ1v) is 5.93. The largest absolute Gasteiger partial charge is 0.226 e. The second-order valence-corrected chi connectivity index (χ2v) is 4.57. The summed E-state index contributed by atoms with van der Waals surface area (Å²) in [6.07, 6.45) is 1.62. The van der Waals surface area contributed by atoms with E-state index in [2.05, 4.69) is 15.1 Å². The Labute approximate surface area is 101 Å². The van der Waals surface area contributed by atoms with Crippen LogP contribution in [0.3, 0.4) is 0 Å². The van der Waals surface area contributed by atoms with Crippen molar-refractivity contribution in [2.24, 2.45) is 0 Å². The fraction of sp³-hybridized carbons (Fsp3) is 0.100. The summed E-state index contributed by atoms with van der Waals surface area (Å²) in [6, 6.07) is 3.81. The molecule has 0 saturated heterocycles. The van der Waals surface area contributed by atoms with Crippen molar-refractivity contribution in [1.82, 2.24) is 19.7 Å². The van der Waals surface area contributed by atoms with Crippen LogP contribution < -0.4 is 0 Å². The van der Waals surface area contributed by atoms with Crippen molar-refractivity contribution in [3.63, 3.8) is 0 Å². The van der Waals surface area contributed by atoms with Gasteiger partial charge in [0, 0.05) is 12.3 Å². The van der Waals surface area contributed by atoms with E-state index in [9.17, 15) is 0 Å². The molecule has 0 aliphatic carbocycles. The summed E-state index contributed by atoms with van der Waals surface area (Å²) >= 11 is 7.44. The fourth-order valence-electron chi connectivity index (χ4n) is 1.61. The lowest BCUT2D eigenvalue weighted by Crippen LogP contribution is -2.00. The lowest BCUT2D eigenvalue weighted by molar-refractivity contribution is 0.850. The van der Waals surface area contributed by atoms with Crippen molar-refractivity contribution < 1.29 is 0 Å². The topological polar surface area (TPSA) is 43.6 Å². The number of aryl methyl sites for hydroxylation is 1. The average molecular weight is 251 g/mol. The molecule has 0 fully saturated rings. The third-order valence-corrected chi connectivity index (χ3v) is 3.47. The summed E-state index contributed by atoms with van der Waals surface area (Å²) in [5.74, 6) is 0.691. The van der Waals surface area contributed by atoms with Gasteiger partial charge in [-0.1, -0.05) is 0 Å². The van der Waals surface area contributed by atoms with Gasteiger partial charge in [-0.05, 0) is 30.0 Å². The van der Waals surface area contributed by atoms with E-state index in [-0.39, 0.29) is 5.28 Å². The summed E-state index contributed by atoms with van der Waals surface area (Å²) in [4.78, 5) is 8.00. The molecule has 3 aromatic heterocycles. The highest BCUT2D eigenvalue weighted by molar-refractivity contribution is 7.17. The molecule has 0 aliphatic rings. The Balaban J connectivity index is 2.29. The number of hydrogen-bond acceptors (Lipinski definition) is 4. The molecule has 3 rings (SSSR count). The van der Waals surface area contributed by atoms with Crippen LogP contribution in [0.15, 0.2) is 23.7 Å². The molecule has 80 valence electrons. The van der Waals surface area contributed by atoms with Crippen LogP contribution in [-0.4, -0.2) is 19.7 Å². The van der Waals surface area contributed by atoms with Gasteiger partial charge in [0.1, 0.15) is 0 Å². The number of halogens is 1. The third-order valence-electron chi connectivity index (χ3n) is 2.28. The highest BCUT2D eigenvalue weighted by Crippen LogP contribution is 2.25. The van der Waals surface area contributed by atoms with E-state index in [1.165, 1.54) is 4.70 Å². The van der Waals surface area contributed by atoms with Crippen molar-refractivity contribution >= 4 is 33.2 Å². The second kappa shape index (κ2) is 3.54. The second-order valence-electron chi connectivity index (χ2n) is 3.32. The van der Waals surface area contributed by atoms with E-state index in [0.717, 1.165) is 11.2 Å². The fourth-order valence-corrected chi connectivity index (χ4v) is 2.57. The average Bonchev–Trinajstić information content (AvgIpc) is 2.83. The van der Waals surface area contributed by atoms with Gasteiger partial charge in [-0.2, -0.15) is 10.1 Å². The normalized spacial score (nSPS) is 11.1. The molecule has 0 saturated carbocycles. The van der Waals surface area contributed by atoms with E-state index in [1.807, 2.05) is 18.4 Å². The van der Waals surface area contributed by atoms with Crippen molar-refractivity contribution in [3.8, 4) is 5.82 Å². The number of nitrogens with zero attached hydrogens (tertiary/aromatic N) is 4. The minimum Gasteiger partial charge on any atom is -0.226 e. The molecule has 0 amide bonds. The van der Waals surface area contributed by atoms with Crippen molar-refractivity contribution in [1.29, 1.82) is 0 Å². The molecule has 0 spiro atoms. The maximum atomic E-state index is 5.77. The molecule has 3 heterocycles. The van der Waals surface area contributed by atoms with Crippen molar-refractivity contribution in [3.05, 3.63) is 34.7 Å². The summed E-state index contributed by atoms with van der Waals surface area (Å²) in [6.45, 7) is 1.98. The van der Waals surface area contributed by atoms with Gasteiger partial charge in [0.2, 0.25) is 5.28 Å². The zero-order chi connectivity index (χ0) is 11.1. The minimum atomic E-state index is 0.231. The van der Waals surface area contributed by atoms with E-state index in [4.69, 9.17) is 11.6 Å². The van der Waals surface area contributed by atoms with Crippen LogP contribution in [-0.2, 0) is 0 Å². The molecular weight excluding hydrogens is 244 g/mol. The van der Waals surface area contributed by atoms with Crippen LogP contribution in [0.4, 0.5) is 0 Å². The number of thiophene rings is 1. The molecule has 16 heavy (non-hydrogen) atoms. The Morgan fingerprint density at radius 2 is 2.25 bits per heavy atom. The smallest absolute Gasteiger partial charge is 0.224 e. The molecule has 6 heteroatoms. The van der Waals surface area contributed by atoms with Gasteiger partial charge in [0.05, 0.1) is 15.9 Å². The van der Waals surface area contributed by atoms with E-state index >= 15 is 0 Å². The predicted octanol–water partition coefficient (Wildman–Crippen LogP) is 2.84. The molecule has 0 aromatic carbocycles. The third kappa shape index (κ3) is 1.40. The van der Waals surface area contributed by atoms with Crippen LogP contribution in [0.5, 0.6) is 0 Å². The van der Waals surface area contributed by atoms with Gasteiger partial charge in [-0.15, -0.1) is 11.3 Å². The maximum Gasteiger partial charge on any atom is 0.224 e. The Morgan fingerprint density at radius 1 is 1.38 bits per heavy atom. The first-order chi connectivity index (χ1) is 7.75. The minimum absolute atomic E-state index is 0.231. The lowest BCUT2D eigenvalue weighted by atomic mass is 10.4. The Kier molecular flexibility index (Phi) is 2.15. The van der Waals surface area contributed by atoms with Gasteiger partial charge in [0.25, 0.3) is 0 Å². The standard InChI is InChI=1S/C10H7ClN4S/c1-6-9-7(3-5-16-9)15(14-6)8-2-4-12-10(11)13-8/h2-5H,1H3. The summed E-state index contributed by atoms with van der Waals surface area (Å²) in [5.41, 5.74) is 2.05. The van der Waals surface area contributed by atoms with Crippen molar-refractivity contribution in [2.75, 3.05) is 0 Å². The Morgan fingerprint density at radius 3 is 3.06 bits per heavy atom. The molecule has 3 aromatic rings. The first kappa shape index (κ1) is 9.74. The first-order valence-electron chi connectivity index (χ1n) is 4.67. The van der Waals surface area contributed by atoms with Crippen LogP contribution in [0.25, 0.3) is 16.0 Å². The molecule has 0 aliphatic heterocycles. The highest BCUT2D eigenvalue weighted by atomic mass is 35.5. The number of hydrogen-bond donors (Lipinski definition) is 0. The van der Waals surface area contributed by atoms with Crippen LogP contribution in [0.2, 0.25) is 5.28 Å². The SMILES string of the molecule is Cc1nn(-c2ccnc(Cl)n2)c2ccsc12. The molecule has 0 unspecified atom stereocenters. The van der Waals surface area contributed by atoms with Crippen molar-refractivity contribution in [2.45, 2.75) is 6.92 Å².